The average Bonchev–Trinajstić information content (AvgIpc) is 2.61. The number of nitrogens with zero attached hydrogens (tertiary/aromatic N) is 3. The second kappa shape index (κ2) is 8.06. The van der Waals surface area contributed by atoms with E-state index in [0.29, 0.717) is 0 Å². The molecular weight excluding hydrogens is 376 g/mol. The number of pyridine rings is 1. The Labute approximate surface area is 149 Å². The number of nitrogens with two attached hydrogens (primary N) is 1. The van der Waals surface area contributed by atoms with Crippen LogP contribution in [-0.2, 0) is 12.4 Å². The first-order chi connectivity index (χ1) is 12.6. The zero-order valence-electron chi connectivity index (χ0n) is 13.5. The van der Waals surface area contributed by atoms with Gasteiger partial charge in [-0.15, -0.1) is 0 Å². The largest absolute Gasteiger partial charge is 0.433 e. The molecule has 0 fully saturated rings. The van der Waals surface area contributed by atoms with E-state index in [1.807, 2.05) is 0 Å². The summed E-state index contributed by atoms with van der Waals surface area (Å²) >= 11 is 0. The zero-order chi connectivity index (χ0) is 20.1. The first-order valence-electron chi connectivity index (χ1n) is 7.35. The highest BCUT2D eigenvalue weighted by molar-refractivity contribution is 6.32. The van der Waals surface area contributed by atoms with Gasteiger partial charge in [-0.2, -0.15) is 31.4 Å². The maximum absolute atomic E-state index is 12.6. The van der Waals surface area contributed by atoms with Gasteiger partial charge in [0.25, 0.3) is 0 Å². The molecule has 27 heavy (non-hydrogen) atoms. The molecule has 0 radical (unpaired) electrons. The molecule has 5 nitrogen and oxygen atoms in total. The number of anilines is 1. The molecule has 0 aliphatic heterocycles. The van der Waals surface area contributed by atoms with Crippen LogP contribution in [0.5, 0.6) is 0 Å². The van der Waals surface area contributed by atoms with E-state index in [4.69, 9.17) is 5.84 Å². The Morgan fingerprint density at radius 1 is 1.04 bits per heavy atom. The molecule has 0 saturated carbocycles. The number of aromatic nitrogens is 1. The van der Waals surface area contributed by atoms with E-state index in [9.17, 15) is 26.3 Å². The minimum atomic E-state index is -4.58. The lowest BCUT2D eigenvalue weighted by atomic mass is 10.2. The van der Waals surface area contributed by atoms with Crippen LogP contribution in [0.3, 0.4) is 0 Å². The molecule has 1 aromatic carbocycles. The second-order valence-corrected chi connectivity index (χ2v) is 5.20. The normalized spacial score (nSPS) is 13.2. The number of hydrazone groups is 1. The van der Waals surface area contributed by atoms with Crippen molar-refractivity contribution in [2.24, 2.45) is 15.9 Å². The number of rotatable bonds is 5. The van der Waals surface area contributed by atoms with Crippen LogP contribution in [0.15, 0.2) is 52.7 Å². The summed E-state index contributed by atoms with van der Waals surface area (Å²) in [5.74, 6) is 5.20. The fourth-order valence-electron chi connectivity index (χ4n) is 1.90. The number of alkyl halides is 6. The lowest BCUT2D eigenvalue weighted by molar-refractivity contribution is -0.141. The zero-order valence-corrected chi connectivity index (χ0v) is 13.5. The number of hydrogen-bond donors (Lipinski definition) is 2. The van der Waals surface area contributed by atoms with Crippen molar-refractivity contribution >= 4 is 23.3 Å². The van der Waals surface area contributed by atoms with Crippen LogP contribution in [0.1, 0.15) is 11.3 Å². The van der Waals surface area contributed by atoms with E-state index in [0.717, 1.165) is 24.4 Å². The molecule has 0 atom stereocenters. The van der Waals surface area contributed by atoms with E-state index >= 15 is 0 Å². The van der Waals surface area contributed by atoms with Gasteiger partial charge in [0.1, 0.15) is 5.69 Å². The molecule has 144 valence electrons. The van der Waals surface area contributed by atoms with Crippen LogP contribution in [-0.4, -0.2) is 23.5 Å². The summed E-state index contributed by atoms with van der Waals surface area (Å²) in [7, 11) is 0. The van der Waals surface area contributed by atoms with Gasteiger partial charge in [0.2, 0.25) is 0 Å². The van der Waals surface area contributed by atoms with E-state index in [1.54, 1.807) is 0 Å². The third-order valence-electron chi connectivity index (χ3n) is 3.25. The summed E-state index contributed by atoms with van der Waals surface area (Å²) in [4.78, 5) is 7.17. The number of halogens is 6. The van der Waals surface area contributed by atoms with Gasteiger partial charge in [-0.3, -0.25) is 9.98 Å². The average molecular weight is 389 g/mol. The predicted octanol–water partition coefficient (Wildman–Crippen LogP) is 4.25. The highest BCUT2D eigenvalue weighted by atomic mass is 19.4. The molecule has 1 heterocycles. The van der Waals surface area contributed by atoms with E-state index in [1.165, 1.54) is 24.4 Å². The highest BCUT2D eigenvalue weighted by Gasteiger charge is 2.32. The van der Waals surface area contributed by atoms with Gasteiger partial charge >= 0.3 is 12.4 Å². The lowest BCUT2D eigenvalue weighted by Crippen LogP contribution is -2.17. The number of aliphatic imine (C=N–C) groups is 1. The standard InChI is InChI=1S/C16H13F6N5/c17-15(18,19)10-1-3-11(4-2-10)25-8-13(27-23)9-26-12-5-6-24-14(7-12)16(20,21)22/h1-8H,9,23H2,(H,24,26). The predicted molar refractivity (Wildman–Crippen MR) is 88.9 cm³/mol. The molecule has 3 N–H and O–H groups in total. The summed E-state index contributed by atoms with van der Waals surface area (Å²) < 4.78 is 75.3. The molecule has 0 unspecified atom stereocenters. The van der Waals surface area contributed by atoms with E-state index in [2.05, 4.69) is 20.4 Å². The number of hydrogen-bond acceptors (Lipinski definition) is 5. The monoisotopic (exact) mass is 389 g/mol. The van der Waals surface area contributed by atoms with Gasteiger partial charge in [-0.25, -0.2) is 0 Å². The molecule has 0 saturated heterocycles. The Kier molecular flexibility index (Phi) is 6.03. The topological polar surface area (TPSA) is 75.7 Å². The third-order valence-corrected chi connectivity index (χ3v) is 3.25. The second-order valence-electron chi connectivity index (χ2n) is 5.20. The highest BCUT2D eigenvalue weighted by Crippen LogP contribution is 2.30. The molecule has 2 rings (SSSR count). The summed E-state index contributed by atoms with van der Waals surface area (Å²) in [5.41, 5.74) is -1.33. The molecule has 0 aliphatic rings. The maximum atomic E-state index is 12.6. The summed E-state index contributed by atoms with van der Waals surface area (Å²) in [6.45, 7) is -0.0536. The fourth-order valence-corrected chi connectivity index (χ4v) is 1.90. The van der Waals surface area contributed by atoms with Gasteiger partial charge in [0, 0.05) is 11.9 Å². The van der Waals surface area contributed by atoms with Crippen molar-refractivity contribution in [3.8, 4) is 0 Å². The van der Waals surface area contributed by atoms with Crippen molar-refractivity contribution < 1.29 is 26.3 Å². The molecule has 0 aliphatic carbocycles. The first-order valence-corrected chi connectivity index (χ1v) is 7.35. The number of benzene rings is 1. The van der Waals surface area contributed by atoms with Crippen LogP contribution in [0.2, 0.25) is 0 Å². The van der Waals surface area contributed by atoms with Crippen LogP contribution < -0.4 is 11.2 Å². The van der Waals surface area contributed by atoms with Crippen molar-refractivity contribution in [2.45, 2.75) is 12.4 Å². The summed E-state index contributed by atoms with van der Waals surface area (Å²) in [6, 6.07) is 6.23. The van der Waals surface area contributed by atoms with Crippen LogP contribution in [0.4, 0.5) is 37.7 Å². The van der Waals surface area contributed by atoms with Crippen molar-refractivity contribution in [3.05, 3.63) is 53.9 Å². The summed E-state index contributed by atoms with van der Waals surface area (Å²) in [5, 5.41) is 6.12. The Morgan fingerprint density at radius 3 is 2.26 bits per heavy atom. The Morgan fingerprint density at radius 2 is 1.70 bits per heavy atom. The quantitative estimate of drug-likeness (QED) is 0.348. The maximum Gasteiger partial charge on any atom is 0.433 e. The van der Waals surface area contributed by atoms with Gasteiger partial charge in [-0.1, -0.05) is 0 Å². The Bertz CT molecular complexity index is 824. The van der Waals surface area contributed by atoms with Crippen molar-refractivity contribution in [2.75, 3.05) is 11.9 Å². The van der Waals surface area contributed by atoms with E-state index in [-0.39, 0.29) is 23.6 Å². The van der Waals surface area contributed by atoms with E-state index < -0.39 is 23.6 Å². The Balaban J connectivity index is 2.01. The molecule has 0 spiro atoms. The minimum absolute atomic E-state index is 0.0536. The Hall–Kier alpha value is -3.11. The molecule has 0 bridgehead atoms. The third kappa shape index (κ3) is 5.97. The van der Waals surface area contributed by atoms with Gasteiger partial charge in [0.15, 0.2) is 0 Å². The van der Waals surface area contributed by atoms with Crippen LogP contribution in [0.25, 0.3) is 0 Å². The van der Waals surface area contributed by atoms with Crippen molar-refractivity contribution in [1.29, 1.82) is 0 Å². The van der Waals surface area contributed by atoms with Crippen LogP contribution in [0, 0.1) is 0 Å². The molecular formula is C16H13F6N5. The minimum Gasteiger partial charge on any atom is -0.379 e. The fraction of sp³-hybridized carbons (Fsp3) is 0.188. The number of nitrogens with one attached hydrogen (secondary N) is 1. The van der Waals surface area contributed by atoms with Crippen molar-refractivity contribution in [1.82, 2.24) is 4.98 Å². The molecule has 0 amide bonds. The molecule has 11 heteroatoms. The smallest absolute Gasteiger partial charge is 0.379 e. The first kappa shape index (κ1) is 20.2. The SMILES string of the molecule is NN=C(C=Nc1ccc(C(F)(F)F)cc1)CNc1ccnc(C(F)(F)F)c1. The molecule has 2 aromatic rings. The summed E-state index contributed by atoms with van der Waals surface area (Å²) in [6.07, 6.45) is -6.83. The molecule has 1 aromatic heterocycles. The van der Waals surface area contributed by atoms with Crippen molar-refractivity contribution in [3.63, 3.8) is 0 Å². The van der Waals surface area contributed by atoms with Gasteiger partial charge in [-0.05, 0) is 36.4 Å². The van der Waals surface area contributed by atoms with Gasteiger partial charge < -0.3 is 11.2 Å². The van der Waals surface area contributed by atoms with Gasteiger partial charge in [0.05, 0.1) is 29.7 Å². The lowest BCUT2D eigenvalue weighted by Gasteiger charge is -2.09. The van der Waals surface area contributed by atoms with Crippen LogP contribution >= 0.6 is 0 Å².